The Bertz CT molecular complexity index is 624. The number of nitrogens with zero attached hydrogens (tertiary/aromatic N) is 1. The monoisotopic (exact) mass is 308 g/mol. The minimum Gasteiger partial charge on any atom is -0.496 e. The summed E-state index contributed by atoms with van der Waals surface area (Å²) in [5, 5.41) is 12.3. The number of ether oxygens (including phenoxy) is 1. The van der Waals surface area contributed by atoms with Gasteiger partial charge in [0.1, 0.15) is 5.75 Å². The number of aliphatic hydroxyl groups is 1. The van der Waals surface area contributed by atoms with Crippen LogP contribution in [0.2, 0.25) is 5.02 Å². The Morgan fingerprint density at radius 3 is 2.67 bits per heavy atom. The predicted octanol–water partition coefficient (Wildman–Crippen LogP) is 2.25. The lowest BCUT2D eigenvalue weighted by Crippen LogP contribution is -2.30. The lowest BCUT2D eigenvalue weighted by atomic mass is 10.1. The number of carbonyl (C=O) groups excluding carboxylic acids is 1. The Morgan fingerprint density at radius 2 is 2.10 bits per heavy atom. The maximum atomic E-state index is 12.1. The summed E-state index contributed by atoms with van der Waals surface area (Å²) in [4.78, 5) is 12.1. The fourth-order valence-electron chi connectivity index (χ4n) is 1.92. The van der Waals surface area contributed by atoms with Crippen LogP contribution in [0.5, 0.6) is 5.75 Å². The van der Waals surface area contributed by atoms with E-state index >= 15 is 0 Å². The Labute approximate surface area is 128 Å². The van der Waals surface area contributed by atoms with Gasteiger partial charge in [-0.1, -0.05) is 11.6 Å². The molecule has 0 saturated carbocycles. The highest BCUT2D eigenvalue weighted by atomic mass is 35.5. The van der Waals surface area contributed by atoms with Gasteiger partial charge in [0, 0.05) is 25.0 Å². The summed E-state index contributed by atoms with van der Waals surface area (Å²) in [6.45, 7) is 1.76. The van der Waals surface area contributed by atoms with E-state index in [0.29, 0.717) is 16.3 Å². The first-order valence-electron chi connectivity index (χ1n) is 6.50. The number of halogens is 1. The number of hydrogen-bond donors (Lipinski definition) is 2. The van der Waals surface area contributed by atoms with Gasteiger partial charge in [-0.05, 0) is 25.1 Å². The molecule has 0 radical (unpaired) electrons. The Balaban J connectivity index is 2.35. The minimum absolute atomic E-state index is 0.166. The van der Waals surface area contributed by atoms with E-state index in [-0.39, 0.29) is 12.5 Å². The van der Waals surface area contributed by atoms with Gasteiger partial charge >= 0.3 is 0 Å². The van der Waals surface area contributed by atoms with E-state index in [0.717, 1.165) is 5.69 Å². The number of hydrogen-bond acceptors (Lipinski definition) is 3. The van der Waals surface area contributed by atoms with Crippen LogP contribution in [0, 0.1) is 0 Å². The second kappa shape index (κ2) is 6.65. The van der Waals surface area contributed by atoms with Crippen LogP contribution in [0.4, 0.5) is 0 Å². The number of nitrogens with one attached hydrogen (secondary N) is 1. The van der Waals surface area contributed by atoms with E-state index in [9.17, 15) is 9.90 Å². The van der Waals surface area contributed by atoms with Gasteiger partial charge < -0.3 is 19.7 Å². The van der Waals surface area contributed by atoms with E-state index in [2.05, 4.69) is 5.32 Å². The number of benzene rings is 1. The van der Waals surface area contributed by atoms with Crippen LogP contribution in [0.3, 0.4) is 0 Å². The molecular weight excluding hydrogens is 292 g/mol. The predicted molar refractivity (Wildman–Crippen MR) is 81.3 cm³/mol. The van der Waals surface area contributed by atoms with E-state index in [4.69, 9.17) is 16.3 Å². The van der Waals surface area contributed by atoms with Crippen molar-refractivity contribution in [1.29, 1.82) is 0 Å². The molecule has 1 unspecified atom stereocenters. The molecule has 2 aromatic rings. The third-order valence-corrected chi connectivity index (χ3v) is 3.26. The van der Waals surface area contributed by atoms with E-state index in [1.54, 1.807) is 19.1 Å². The van der Waals surface area contributed by atoms with Crippen LogP contribution in [0.15, 0.2) is 36.7 Å². The second-order valence-electron chi connectivity index (χ2n) is 4.65. The quantitative estimate of drug-likeness (QED) is 0.890. The van der Waals surface area contributed by atoms with Crippen molar-refractivity contribution in [2.45, 2.75) is 13.0 Å². The van der Waals surface area contributed by atoms with E-state index < -0.39 is 6.10 Å². The molecule has 0 aliphatic rings. The highest BCUT2D eigenvalue weighted by Gasteiger charge is 2.16. The molecule has 1 atom stereocenters. The van der Waals surface area contributed by atoms with Gasteiger partial charge in [-0.25, -0.2) is 0 Å². The molecule has 0 saturated heterocycles. The van der Waals surface area contributed by atoms with Crippen LogP contribution in [-0.4, -0.2) is 35.3 Å². The summed E-state index contributed by atoms with van der Waals surface area (Å²) in [7, 11) is 1.49. The van der Waals surface area contributed by atoms with Crippen molar-refractivity contribution in [3.63, 3.8) is 0 Å². The largest absolute Gasteiger partial charge is 0.496 e. The average Bonchev–Trinajstić information content (AvgIpc) is 2.98. The molecule has 2 rings (SSSR count). The van der Waals surface area contributed by atoms with E-state index in [1.165, 1.54) is 7.11 Å². The lowest BCUT2D eigenvalue weighted by Gasteiger charge is -2.14. The van der Waals surface area contributed by atoms with Gasteiger partial charge in [-0.15, -0.1) is 0 Å². The van der Waals surface area contributed by atoms with Gasteiger partial charge in [0.15, 0.2) is 0 Å². The minimum atomic E-state index is -0.616. The fraction of sp³-hybridized carbons (Fsp3) is 0.267. The normalized spacial score (nSPS) is 12.0. The zero-order chi connectivity index (χ0) is 15.4. The summed E-state index contributed by atoms with van der Waals surface area (Å²) in [6.07, 6.45) is 3.09. The van der Waals surface area contributed by atoms with Crippen LogP contribution in [0.25, 0.3) is 5.69 Å². The lowest BCUT2D eigenvalue weighted by molar-refractivity contribution is 0.0921. The number of aliphatic hydroxyl groups excluding tert-OH is 1. The number of rotatable bonds is 5. The molecule has 1 aromatic heterocycles. The average molecular weight is 309 g/mol. The van der Waals surface area contributed by atoms with Gasteiger partial charge in [-0.3, -0.25) is 4.79 Å². The molecule has 0 fully saturated rings. The van der Waals surface area contributed by atoms with Gasteiger partial charge in [0.05, 0.1) is 29.5 Å². The Morgan fingerprint density at radius 1 is 1.43 bits per heavy atom. The highest BCUT2D eigenvalue weighted by molar-refractivity contribution is 6.33. The first-order chi connectivity index (χ1) is 10.0. The summed E-state index contributed by atoms with van der Waals surface area (Å²) in [6, 6.07) is 7.03. The van der Waals surface area contributed by atoms with Gasteiger partial charge in [-0.2, -0.15) is 0 Å². The topological polar surface area (TPSA) is 63.5 Å². The number of aromatic nitrogens is 1. The molecule has 6 heteroatoms. The number of methoxy groups -OCH3 is 1. The molecule has 21 heavy (non-hydrogen) atoms. The first-order valence-corrected chi connectivity index (χ1v) is 6.88. The van der Waals surface area contributed by atoms with Crippen LogP contribution < -0.4 is 10.1 Å². The Kier molecular flexibility index (Phi) is 4.88. The number of carbonyl (C=O) groups is 1. The van der Waals surface area contributed by atoms with Crippen molar-refractivity contribution < 1.29 is 14.6 Å². The zero-order valence-corrected chi connectivity index (χ0v) is 12.6. The first kappa shape index (κ1) is 15.4. The third-order valence-electron chi connectivity index (χ3n) is 2.95. The Hall–Kier alpha value is -1.98. The van der Waals surface area contributed by atoms with Gasteiger partial charge in [0.25, 0.3) is 5.91 Å². The molecular formula is C15H17ClN2O3. The maximum absolute atomic E-state index is 12.1. The van der Waals surface area contributed by atoms with Crippen LogP contribution in [-0.2, 0) is 0 Å². The van der Waals surface area contributed by atoms with Crippen molar-refractivity contribution in [2.75, 3.05) is 13.7 Å². The van der Waals surface area contributed by atoms with Crippen LogP contribution in [0.1, 0.15) is 17.3 Å². The summed E-state index contributed by atoms with van der Waals surface area (Å²) < 4.78 is 7.11. The zero-order valence-electron chi connectivity index (χ0n) is 11.8. The standard InChI is InChI=1S/C15H17ClN2O3/c1-10(19)9-17-15(20)11-7-12(16)13(8-14(11)21-2)18-5-3-4-6-18/h3-8,10,19H,9H2,1-2H3,(H,17,20). The molecule has 112 valence electrons. The third kappa shape index (κ3) is 3.56. The summed E-state index contributed by atoms with van der Waals surface area (Å²) in [5.41, 5.74) is 1.06. The molecule has 0 spiro atoms. The van der Waals surface area contributed by atoms with Crippen molar-refractivity contribution >= 4 is 17.5 Å². The van der Waals surface area contributed by atoms with Crippen molar-refractivity contribution in [1.82, 2.24) is 9.88 Å². The SMILES string of the molecule is COc1cc(-n2cccc2)c(Cl)cc1C(=O)NCC(C)O. The molecule has 1 heterocycles. The second-order valence-corrected chi connectivity index (χ2v) is 5.06. The molecule has 0 aliphatic heterocycles. The smallest absolute Gasteiger partial charge is 0.255 e. The number of amides is 1. The highest BCUT2D eigenvalue weighted by Crippen LogP contribution is 2.29. The molecule has 0 aliphatic carbocycles. The van der Waals surface area contributed by atoms with Gasteiger partial charge in [0.2, 0.25) is 0 Å². The van der Waals surface area contributed by atoms with Crippen molar-refractivity contribution in [3.05, 3.63) is 47.2 Å². The molecule has 0 bridgehead atoms. The molecule has 5 nitrogen and oxygen atoms in total. The molecule has 1 amide bonds. The maximum Gasteiger partial charge on any atom is 0.255 e. The van der Waals surface area contributed by atoms with Crippen molar-refractivity contribution in [2.24, 2.45) is 0 Å². The summed E-state index contributed by atoms with van der Waals surface area (Å²) >= 11 is 6.25. The molecule has 1 aromatic carbocycles. The summed E-state index contributed by atoms with van der Waals surface area (Å²) in [5.74, 6) is 0.0832. The fourth-order valence-corrected chi connectivity index (χ4v) is 2.18. The molecule has 2 N–H and O–H groups in total. The van der Waals surface area contributed by atoms with Crippen LogP contribution >= 0.6 is 11.6 Å². The van der Waals surface area contributed by atoms with Crippen molar-refractivity contribution in [3.8, 4) is 11.4 Å². The van der Waals surface area contributed by atoms with E-state index in [1.807, 2.05) is 29.1 Å².